The molecule has 2 aromatic rings. The molecule has 0 bridgehead atoms. The van der Waals surface area contributed by atoms with Crippen LogP contribution in [0.5, 0.6) is 0 Å². The number of aryl methyl sites for hydroxylation is 1. The van der Waals surface area contributed by atoms with Gasteiger partial charge in [-0.1, -0.05) is 0 Å². The molecule has 0 aliphatic carbocycles. The molecule has 2 aromatic heterocycles. The first-order valence-corrected chi connectivity index (χ1v) is 7.94. The number of piperazine rings is 1. The highest BCUT2D eigenvalue weighted by atomic mass is 32.1. The molecule has 0 spiro atoms. The van der Waals surface area contributed by atoms with Crippen molar-refractivity contribution in [1.82, 2.24) is 19.4 Å². The molecule has 1 aliphatic heterocycles. The lowest BCUT2D eigenvalue weighted by Crippen LogP contribution is -2.49. The lowest BCUT2D eigenvalue weighted by molar-refractivity contribution is 0.0533. The number of amides is 1. The first-order valence-electron chi connectivity index (χ1n) is 7.06. The Morgan fingerprint density at radius 1 is 1.45 bits per heavy atom. The Hall–Kier alpha value is -2.17. The van der Waals surface area contributed by atoms with Crippen molar-refractivity contribution in [2.45, 2.75) is 6.04 Å². The molecular formula is C15H17N5OS. The molecule has 0 N–H and O–H groups in total. The van der Waals surface area contributed by atoms with Crippen LogP contribution < -0.4 is 0 Å². The molecule has 1 atom stereocenters. The molecular weight excluding hydrogens is 298 g/mol. The molecule has 0 aromatic carbocycles. The van der Waals surface area contributed by atoms with E-state index in [1.807, 2.05) is 29.8 Å². The number of hydrogen-bond donors (Lipinski definition) is 0. The third kappa shape index (κ3) is 2.51. The molecule has 1 amide bonds. The van der Waals surface area contributed by atoms with Crippen LogP contribution in [0, 0.1) is 11.3 Å². The van der Waals surface area contributed by atoms with E-state index in [0.717, 1.165) is 12.4 Å². The first kappa shape index (κ1) is 14.8. The minimum atomic E-state index is -0.0566. The smallest absolute Gasteiger partial charge is 0.265 e. The third-order valence-electron chi connectivity index (χ3n) is 4.07. The van der Waals surface area contributed by atoms with Crippen molar-refractivity contribution in [2.75, 3.05) is 26.7 Å². The van der Waals surface area contributed by atoms with E-state index in [1.54, 1.807) is 17.6 Å². The summed E-state index contributed by atoms with van der Waals surface area (Å²) in [5.74, 6) is 0.894. The number of nitriles is 1. The molecule has 1 unspecified atom stereocenters. The quantitative estimate of drug-likeness (QED) is 0.842. The molecule has 7 heteroatoms. The highest BCUT2D eigenvalue weighted by Gasteiger charge is 2.32. The zero-order valence-electron chi connectivity index (χ0n) is 12.6. The van der Waals surface area contributed by atoms with Crippen molar-refractivity contribution >= 4 is 17.2 Å². The van der Waals surface area contributed by atoms with Gasteiger partial charge in [0.2, 0.25) is 0 Å². The summed E-state index contributed by atoms with van der Waals surface area (Å²) >= 11 is 1.33. The topological polar surface area (TPSA) is 65.2 Å². The highest BCUT2D eigenvalue weighted by molar-refractivity contribution is 7.12. The second-order valence-corrected chi connectivity index (χ2v) is 6.34. The third-order valence-corrected chi connectivity index (χ3v) is 4.97. The summed E-state index contributed by atoms with van der Waals surface area (Å²) in [6, 6.07) is 3.86. The van der Waals surface area contributed by atoms with Gasteiger partial charge in [-0.2, -0.15) is 5.26 Å². The van der Waals surface area contributed by atoms with Crippen molar-refractivity contribution < 1.29 is 4.79 Å². The van der Waals surface area contributed by atoms with Crippen LogP contribution in [-0.4, -0.2) is 51.9 Å². The van der Waals surface area contributed by atoms with Gasteiger partial charge in [-0.15, -0.1) is 11.3 Å². The van der Waals surface area contributed by atoms with Crippen LogP contribution in [0.4, 0.5) is 0 Å². The number of nitrogens with zero attached hydrogens (tertiary/aromatic N) is 5. The maximum absolute atomic E-state index is 12.7. The second kappa shape index (κ2) is 5.91. The number of rotatable bonds is 2. The predicted molar refractivity (Wildman–Crippen MR) is 83.5 cm³/mol. The molecule has 114 valence electrons. The maximum atomic E-state index is 12.7. The van der Waals surface area contributed by atoms with E-state index in [0.29, 0.717) is 23.5 Å². The predicted octanol–water partition coefficient (Wildman–Crippen LogP) is 1.48. The average molecular weight is 315 g/mol. The van der Waals surface area contributed by atoms with Crippen molar-refractivity contribution in [3.8, 4) is 6.07 Å². The molecule has 3 rings (SSSR count). The lowest BCUT2D eigenvalue weighted by atomic mass is 10.1. The molecule has 0 radical (unpaired) electrons. The first-order chi connectivity index (χ1) is 10.6. The summed E-state index contributed by atoms with van der Waals surface area (Å²) in [5, 5.41) is 10.9. The summed E-state index contributed by atoms with van der Waals surface area (Å²) in [5.41, 5.74) is 0.461. The summed E-state index contributed by atoms with van der Waals surface area (Å²) < 4.78 is 1.99. The van der Waals surface area contributed by atoms with Crippen molar-refractivity contribution in [3.05, 3.63) is 40.1 Å². The minimum absolute atomic E-state index is 0.0566. The van der Waals surface area contributed by atoms with E-state index in [1.165, 1.54) is 11.3 Å². The standard InChI is InChI=1S/C15H17N5OS/c1-18-6-7-20(10-12(18)14-17-4-5-19(14)2)15(21)13-11(9-16)3-8-22-13/h3-5,8,12H,6-7,10H2,1-2H3. The Bertz CT molecular complexity index is 728. The van der Waals surface area contributed by atoms with E-state index in [-0.39, 0.29) is 11.9 Å². The van der Waals surface area contributed by atoms with Gasteiger partial charge in [0.25, 0.3) is 5.91 Å². The summed E-state index contributed by atoms with van der Waals surface area (Å²) in [4.78, 5) is 21.7. The summed E-state index contributed by atoms with van der Waals surface area (Å²) in [6.45, 7) is 2.04. The van der Waals surface area contributed by atoms with Gasteiger partial charge < -0.3 is 9.47 Å². The minimum Gasteiger partial charge on any atom is -0.337 e. The van der Waals surface area contributed by atoms with Gasteiger partial charge in [-0.25, -0.2) is 4.98 Å². The zero-order valence-corrected chi connectivity index (χ0v) is 13.4. The van der Waals surface area contributed by atoms with E-state index < -0.39 is 0 Å². The zero-order chi connectivity index (χ0) is 15.7. The number of carbonyl (C=O) groups excluding carboxylic acids is 1. The fraction of sp³-hybridized carbons (Fsp3) is 0.400. The van der Waals surface area contributed by atoms with E-state index in [9.17, 15) is 4.79 Å². The fourth-order valence-electron chi connectivity index (χ4n) is 2.74. The normalized spacial score (nSPS) is 19.1. The number of imidazole rings is 1. The molecule has 1 saturated heterocycles. The number of hydrogen-bond acceptors (Lipinski definition) is 5. The van der Waals surface area contributed by atoms with Crippen LogP contribution in [0.1, 0.15) is 27.1 Å². The largest absolute Gasteiger partial charge is 0.337 e. The van der Waals surface area contributed by atoms with Gasteiger partial charge in [0, 0.05) is 39.1 Å². The van der Waals surface area contributed by atoms with Crippen LogP contribution >= 0.6 is 11.3 Å². The Morgan fingerprint density at radius 3 is 2.95 bits per heavy atom. The van der Waals surface area contributed by atoms with Gasteiger partial charge in [0.1, 0.15) is 16.8 Å². The van der Waals surface area contributed by atoms with Crippen LogP contribution in [0.15, 0.2) is 23.8 Å². The summed E-state index contributed by atoms with van der Waals surface area (Å²) in [7, 11) is 4.01. The van der Waals surface area contributed by atoms with Gasteiger partial charge in [-0.05, 0) is 18.5 Å². The van der Waals surface area contributed by atoms with Gasteiger partial charge >= 0.3 is 0 Å². The van der Waals surface area contributed by atoms with Gasteiger partial charge in [0.15, 0.2) is 0 Å². The van der Waals surface area contributed by atoms with E-state index >= 15 is 0 Å². The van der Waals surface area contributed by atoms with Crippen LogP contribution in [0.2, 0.25) is 0 Å². The fourth-order valence-corrected chi connectivity index (χ4v) is 3.55. The van der Waals surface area contributed by atoms with Crippen molar-refractivity contribution in [2.24, 2.45) is 7.05 Å². The maximum Gasteiger partial charge on any atom is 0.265 e. The Balaban J connectivity index is 1.83. The molecule has 1 fully saturated rings. The molecule has 6 nitrogen and oxygen atoms in total. The monoisotopic (exact) mass is 315 g/mol. The number of likely N-dealkylation sites (N-methyl/N-ethyl adjacent to an activating group) is 1. The SMILES string of the molecule is CN1CCN(C(=O)c2sccc2C#N)CC1c1nccn1C. The van der Waals surface area contributed by atoms with Gasteiger partial charge in [0.05, 0.1) is 11.6 Å². The Kier molecular flexibility index (Phi) is 3.96. The van der Waals surface area contributed by atoms with Gasteiger partial charge in [-0.3, -0.25) is 9.69 Å². The Labute approximate surface area is 133 Å². The number of carbonyl (C=O) groups is 1. The molecule has 3 heterocycles. The molecule has 22 heavy (non-hydrogen) atoms. The highest BCUT2D eigenvalue weighted by Crippen LogP contribution is 2.25. The lowest BCUT2D eigenvalue weighted by Gasteiger charge is -2.38. The second-order valence-electron chi connectivity index (χ2n) is 5.42. The molecule has 0 saturated carbocycles. The number of thiophene rings is 1. The van der Waals surface area contributed by atoms with Crippen molar-refractivity contribution in [3.63, 3.8) is 0 Å². The van der Waals surface area contributed by atoms with E-state index in [2.05, 4.69) is 16.0 Å². The Morgan fingerprint density at radius 2 is 2.27 bits per heavy atom. The van der Waals surface area contributed by atoms with E-state index in [4.69, 9.17) is 5.26 Å². The van der Waals surface area contributed by atoms with Crippen LogP contribution in [0.25, 0.3) is 0 Å². The molecule has 1 aliphatic rings. The van der Waals surface area contributed by atoms with Crippen molar-refractivity contribution in [1.29, 1.82) is 5.26 Å². The number of aromatic nitrogens is 2. The van der Waals surface area contributed by atoms with Crippen LogP contribution in [0.3, 0.4) is 0 Å². The summed E-state index contributed by atoms with van der Waals surface area (Å²) in [6.07, 6.45) is 3.69. The van der Waals surface area contributed by atoms with Crippen LogP contribution in [-0.2, 0) is 7.05 Å². The average Bonchev–Trinajstić information content (AvgIpc) is 3.15.